The predicted octanol–water partition coefficient (Wildman–Crippen LogP) is 3.50. The van der Waals surface area contributed by atoms with Crippen LogP contribution in [0.4, 0.5) is 4.79 Å². The summed E-state index contributed by atoms with van der Waals surface area (Å²) in [5.41, 5.74) is 1.06. The Morgan fingerprint density at radius 1 is 0.900 bits per heavy atom. The largest absolute Gasteiger partial charge is 0.513 e. The Balaban J connectivity index is 1.61. The average Bonchev–Trinajstić information content (AvgIpc) is 3.00. The van der Waals surface area contributed by atoms with Gasteiger partial charge < -0.3 is 19.3 Å². The molecule has 1 fully saturated rings. The molecule has 1 heterocycles. The molecule has 8 heteroatoms. The Hall–Kier alpha value is -3.00. The third-order valence-corrected chi connectivity index (χ3v) is 5.16. The molecular formula is C22H24N2O5S. The maximum atomic E-state index is 12.9. The van der Waals surface area contributed by atoms with E-state index in [0.29, 0.717) is 54.4 Å². The summed E-state index contributed by atoms with van der Waals surface area (Å²) in [6.45, 7) is 3.96. The highest BCUT2D eigenvalue weighted by Gasteiger charge is 2.24. The van der Waals surface area contributed by atoms with Gasteiger partial charge in [-0.25, -0.2) is 4.79 Å². The van der Waals surface area contributed by atoms with Crippen LogP contribution in [-0.4, -0.2) is 60.6 Å². The highest BCUT2D eigenvalue weighted by atomic mass is 32.1. The number of benzene rings is 2. The molecule has 2 aromatic carbocycles. The molecule has 0 saturated carbocycles. The Morgan fingerprint density at radius 3 is 2.17 bits per heavy atom. The van der Waals surface area contributed by atoms with Crippen LogP contribution in [0, 0.1) is 0 Å². The summed E-state index contributed by atoms with van der Waals surface area (Å²) >= 11 is 4.37. The molecule has 0 N–H and O–H groups in total. The molecular weight excluding hydrogens is 404 g/mol. The second-order valence-corrected chi connectivity index (χ2v) is 7.25. The molecule has 0 aromatic heterocycles. The van der Waals surface area contributed by atoms with E-state index in [-0.39, 0.29) is 18.4 Å². The number of hydrogen-bond donors (Lipinski definition) is 1. The number of ether oxygens (including phenoxy) is 2. The summed E-state index contributed by atoms with van der Waals surface area (Å²) < 4.78 is 9.74. The van der Waals surface area contributed by atoms with Gasteiger partial charge in [-0.1, -0.05) is 12.1 Å². The van der Waals surface area contributed by atoms with Crippen molar-refractivity contribution >= 4 is 30.6 Å². The second-order valence-electron chi connectivity index (χ2n) is 6.76. The van der Waals surface area contributed by atoms with Gasteiger partial charge in [-0.3, -0.25) is 9.59 Å². The van der Waals surface area contributed by atoms with Crippen LogP contribution in [0.2, 0.25) is 0 Å². The lowest BCUT2D eigenvalue weighted by molar-refractivity contribution is 0.0717. The van der Waals surface area contributed by atoms with Gasteiger partial charge in [-0.2, -0.15) is 0 Å². The van der Waals surface area contributed by atoms with E-state index in [0.717, 1.165) is 0 Å². The minimum Gasteiger partial charge on any atom is -0.434 e. The Labute approximate surface area is 181 Å². The van der Waals surface area contributed by atoms with E-state index in [4.69, 9.17) is 9.47 Å². The maximum Gasteiger partial charge on any atom is 0.513 e. The number of thiol groups is 1. The molecule has 2 amide bonds. The zero-order chi connectivity index (χ0) is 21.5. The van der Waals surface area contributed by atoms with E-state index < -0.39 is 6.16 Å². The summed E-state index contributed by atoms with van der Waals surface area (Å²) in [6, 6.07) is 13.5. The lowest BCUT2D eigenvalue weighted by atomic mass is 10.2. The molecule has 2 aromatic rings. The van der Waals surface area contributed by atoms with Gasteiger partial charge >= 0.3 is 6.16 Å². The van der Waals surface area contributed by atoms with Crippen molar-refractivity contribution in [3.05, 3.63) is 59.7 Å². The summed E-state index contributed by atoms with van der Waals surface area (Å²) in [5.74, 6) is 0.111. The van der Waals surface area contributed by atoms with E-state index in [1.807, 2.05) is 12.1 Å². The van der Waals surface area contributed by atoms with Crippen LogP contribution in [0.25, 0.3) is 0 Å². The highest BCUT2D eigenvalue weighted by Crippen LogP contribution is 2.18. The molecule has 1 aliphatic heterocycles. The number of rotatable bonds is 4. The van der Waals surface area contributed by atoms with Gasteiger partial charge in [0.05, 0.1) is 12.2 Å². The Bertz CT molecular complexity index is 916. The second kappa shape index (κ2) is 10.2. The quantitative estimate of drug-likeness (QED) is 0.458. The molecule has 0 bridgehead atoms. The zero-order valence-corrected chi connectivity index (χ0v) is 17.6. The molecule has 30 heavy (non-hydrogen) atoms. The molecule has 0 unspecified atom stereocenters. The molecule has 1 saturated heterocycles. The maximum absolute atomic E-state index is 12.9. The Morgan fingerprint density at radius 2 is 1.53 bits per heavy atom. The summed E-state index contributed by atoms with van der Waals surface area (Å²) in [7, 11) is 0. The number of hydrogen-bond acceptors (Lipinski definition) is 6. The van der Waals surface area contributed by atoms with E-state index in [1.165, 1.54) is 0 Å². The molecule has 0 radical (unpaired) electrons. The van der Waals surface area contributed by atoms with Crippen LogP contribution < -0.4 is 4.74 Å². The normalized spacial score (nSPS) is 14.1. The molecule has 158 valence electrons. The summed E-state index contributed by atoms with van der Waals surface area (Å²) in [6.07, 6.45) is -0.0901. The van der Waals surface area contributed by atoms with Gasteiger partial charge in [0.1, 0.15) is 5.75 Å². The minimum atomic E-state index is -0.781. The van der Waals surface area contributed by atoms with E-state index in [2.05, 4.69) is 12.6 Å². The van der Waals surface area contributed by atoms with Crippen molar-refractivity contribution < 1.29 is 23.9 Å². The first-order chi connectivity index (χ1) is 14.5. The van der Waals surface area contributed by atoms with Gasteiger partial charge in [0.2, 0.25) is 0 Å². The smallest absolute Gasteiger partial charge is 0.434 e. The fraction of sp³-hybridized carbons (Fsp3) is 0.318. The summed E-state index contributed by atoms with van der Waals surface area (Å²) in [4.78, 5) is 41.2. The van der Waals surface area contributed by atoms with Crippen LogP contribution >= 0.6 is 12.6 Å². The topological polar surface area (TPSA) is 76.2 Å². The third-order valence-electron chi connectivity index (χ3n) is 4.77. The van der Waals surface area contributed by atoms with Crippen molar-refractivity contribution in [1.29, 1.82) is 0 Å². The molecule has 7 nitrogen and oxygen atoms in total. The van der Waals surface area contributed by atoms with Crippen molar-refractivity contribution in [2.45, 2.75) is 18.2 Å². The number of amides is 2. The monoisotopic (exact) mass is 428 g/mol. The number of carbonyl (C=O) groups is 3. The first-order valence-corrected chi connectivity index (χ1v) is 10.3. The van der Waals surface area contributed by atoms with Crippen molar-refractivity contribution in [2.75, 3.05) is 32.8 Å². The zero-order valence-electron chi connectivity index (χ0n) is 16.7. The van der Waals surface area contributed by atoms with Crippen LogP contribution in [0.15, 0.2) is 53.4 Å². The van der Waals surface area contributed by atoms with Crippen LogP contribution in [-0.2, 0) is 4.74 Å². The molecule has 0 aliphatic carbocycles. The van der Waals surface area contributed by atoms with Gasteiger partial charge in [0.15, 0.2) is 0 Å². The van der Waals surface area contributed by atoms with E-state index >= 15 is 0 Å². The van der Waals surface area contributed by atoms with Crippen molar-refractivity contribution in [1.82, 2.24) is 9.80 Å². The first-order valence-electron chi connectivity index (χ1n) is 9.80. The molecule has 0 atom stereocenters. The van der Waals surface area contributed by atoms with Crippen LogP contribution in [0.5, 0.6) is 5.75 Å². The SMILES string of the molecule is CCOC(=O)Oc1ccc(C(=O)N2CCCN(C(=O)c3ccccc3S)CC2)cc1. The van der Waals surface area contributed by atoms with Gasteiger partial charge in [0, 0.05) is 36.6 Å². The Kier molecular flexibility index (Phi) is 7.35. The first kappa shape index (κ1) is 21.7. The van der Waals surface area contributed by atoms with Gasteiger partial charge in [0.25, 0.3) is 11.8 Å². The average molecular weight is 429 g/mol. The summed E-state index contributed by atoms with van der Waals surface area (Å²) in [5, 5.41) is 0. The van der Waals surface area contributed by atoms with Crippen molar-refractivity contribution in [3.63, 3.8) is 0 Å². The number of carbonyl (C=O) groups excluding carboxylic acids is 3. The third kappa shape index (κ3) is 5.33. The van der Waals surface area contributed by atoms with Gasteiger partial charge in [-0.05, 0) is 49.7 Å². The molecule has 1 aliphatic rings. The molecule has 0 spiro atoms. The van der Waals surface area contributed by atoms with E-state index in [1.54, 1.807) is 53.1 Å². The van der Waals surface area contributed by atoms with Crippen molar-refractivity contribution in [3.8, 4) is 5.75 Å². The fourth-order valence-corrected chi connectivity index (χ4v) is 3.50. The number of nitrogens with zero attached hydrogens (tertiary/aromatic N) is 2. The van der Waals surface area contributed by atoms with Crippen molar-refractivity contribution in [2.24, 2.45) is 0 Å². The standard InChI is InChI=1S/C22H24N2O5S/c1-2-28-22(27)29-17-10-8-16(9-11-17)20(25)23-12-5-13-24(15-14-23)21(26)18-6-3-4-7-19(18)30/h3-4,6-11,30H,2,5,12-15H2,1H3. The fourth-order valence-electron chi connectivity index (χ4n) is 3.24. The van der Waals surface area contributed by atoms with Crippen LogP contribution in [0.1, 0.15) is 34.1 Å². The predicted molar refractivity (Wildman–Crippen MR) is 114 cm³/mol. The lowest BCUT2D eigenvalue weighted by Gasteiger charge is -2.23. The highest BCUT2D eigenvalue weighted by molar-refractivity contribution is 7.80. The van der Waals surface area contributed by atoms with E-state index in [9.17, 15) is 14.4 Å². The van der Waals surface area contributed by atoms with Crippen LogP contribution in [0.3, 0.4) is 0 Å². The van der Waals surface area contributed by atoms with Gasteiger partial charge in [-0.15, -0.1) is 12.6 Å². The molecule has 3 rings (SSSR count). The lowest BCUT2D eigenvalue weighted by Crippen LogP contribution is -2.37. The minimum absolute atomic E-state index is 0.0737.